The van der Waals surface area contributed by atoms with Gasteiger partial charge < -0.3 is 10.2 Å². The van der Waals surface area contributed by atoms with Crippen molar-refractivity contribution in [2.24, 2.45) is 5.92 Å². The van der Waals surface area contributed by atoms with Crippen LogP contribution >= 0.6 is 0 Å². The third-order valence-electron chi connectivity index (χ3n) is 4.57. The standard InChI is InChI=1S/C16H22N2O/c1-2-12-5-3-4-6-14(12)16(19)18-10-8-15-13(11-18)7-9-17-15/h3-6,13,15,17H,2,7-11H2,1H3. The molecule has 2 saturated heterocycles. The van der Waals surface area contributed by atoms with Crippen molar-refractivity contribution in [3.63, 3.8) is 0 Å². The van der Waals surface area contributed by atoms with Gasteiger partial charge in [0.25, 0.3) is 5.91 Å². The SMILES string of the molecule is CCc1ccccc1C(=O)N1CCC2NCCC2C1. The summed E-state index contributed by atoms with van der Waals surface area (Å²) in [6.45, 7) is 5.04. The van der Waals surface area contributed by atoms with E-state index in [1.807, 2.05) is 18.2 Å². The second kappa shape index (κ2) is 5.33. The normalized spacial score (nSPS) is 26.3. The number of carbonyl (C=O) groups excluding carboxylic acids is 1. The van der Waals surface area contributed by atoms with Crippen LogP contribution < -0.4 is 5.32 Å². The summed E-state index contributed by atoms with van der Waals surface area (Å²) < 4.78 is 0. The van der Waals surface area contributed by atoms with Gasteiger partial charge in [-0.25, -0.2) is 0 Å². The van der Waals surface area contributed by atoms with Gasteiger partial charge >= 0.3 is 0 Å². The zero-order valence-corrected chi connectivity index (χ0v) is 11.6. The quantitative estimate of drug-likeness (QED) is 0.881. The summed E-state index contributed by atoms with van der Waals surface area (Å²) in [4.78, 5) is 14.7. The third kappa shape index (κ3) is 2.39. The molecule has 0 aromatic heterocycles. The van der Waals surface area contributed by atoms with Crippen LogP contribution in [0.1, 0.15) is 35.7 Å². The number of aryl methyl sites for hydroxylation is 1. The van der Waals surface area contributed by atoms with Gasteiger partial charge in [0.2, 0.25) is 0 Å². The van der Waals surface area contributed by atoms with Crippen molar-refractivity contribution in [2.75, 3.05) is 19.6 Å². The van der Waals surface area contributed by atoms with Crippen LogP contribution in [0.15, 0.2) is 24.3 Å². The Morgan fingerprint density at radius 1 is 1.37 bits per heavy atom. The molecular weight excluding hydrogens is 236 g/mol. The van der Waals surface area contributed by atoms with Gasteiger partial charge in [0.1, 0.15) is 0 Å². The maximum atomic E-state index is 12.7. The monoisotopic (exact) mass is 258 g/mol. The molecular formula is C16H22N2O. The molecule has 102 valence electrons. The Bertz CT molecular complexity index is 472. The summed E-state index contributed by atoms with van der Waals surface area (Å²) in [6, 6.07) is 8.67. The number of likely N-dealkylation sites (tertiary alicyclic amines) is 1. The first kappa shape index (κ1) is 12.7. The highest BCUT2D eigenvalue weighted by atomic mass is 16.2. The minimum absolute atomic E-state index is 0.225. The van der Waals surface area contributed by atoms with Crippen molar-refractivity contribution in [2.45, 2.75) is 32.2 Å². The maximum Gasteiger partial charge on any atom is 0.254 e. The highest BCUT2D eigenvalue weighted by Gasteiger charge is 2.34. The van der Waals surface area contributed by atoms with E-state index in [0.29, 0.717) is 12.0 Å². The summed E-state index contributed by atoms with van der Waals surface area (Å²) in [5.41, 5.74) is 2.06. The van der Waals surface area contributed by atoms with Gasteiger partial charge in [-0.3, -0.25) is 4.79 Å². The number of nitrogens with zero attached hydrogens (tertiary/aromatic N) is 1. The second-order valence-electron chi connectivity index (χ2n) is 5.66. The molecule has 2 unspecified atom stereocenters. The molecule has 1 amide bonds. The zero-order valence-electron chi connectivity index (χ0n) is 11.6. The lowest BCUT2D eigenvalue weighted by molar-refractivity contribution is 0.0661. The lowest BCUT2D eigenvalue weighted by atomic mass is 9.92. The number of piperidine rings is 1. The van der Waals surface area contributed by atoms with E-state index < -0.39 is 0 Å². The van der Waals surface area contributed by atoms with E-state index in [4.69, 9.17) is 0 Å². The molecule has 2 aliphatic rings. The lowest BCUT2D eigenvalue weighted by Crippen LogP contribution is -2.47. The van der Waals surface area contributed by atoms with Crippen molar-refractivity contribution < 1.29 is 4.79 Å². The zero-order chi connectivity index (χ0) is 13.2. The van der Waals surface area contributed by atoms with E-state index in [9.17, 15) is 4.79 Å². The Balaban J connectivity index is 1.76. The molecule has 3 heteroatoms. The molecule has 1 N–H and O–H groups in total. The fourth-order valence-corrected chi connectivity index (χ4v) is 3.44. The Morgan fingerprint density at radius 2 is 2.21 bits per heavy atom. The van der Waals surface area contributed by atoms with E-state index in [2.05, 4.69) is 23.2 Å². The molecule has 3 nitrogen and oxygen atoms in total. The Labute approximate surface area is 115 Å². The van der Waals surface area contributed by atoms with Crippen LogP contribution in [-0.2, 0) is 6.42 Å². The number of hydrogen-bond donors (Lipinski definition) is 1. The summed E-state index contributed by atoms with van der Waals surface area (Å²) in [5, 5.41) is 3.54. The average Bonchev–Trinajstić information content (AvgIpc) is 2.93. The van der Waals surface area contributed by atoms with E-state index in [-0.39, 0.29) is 5.91 Å². The number of hydrogen-bond acceptors (Lipinski definition) is 2. The number of fused-ring (bicyclic) bond motifs is 1. The molecule has 1 aromatic rings. The number of nitrogens with one attached hydrogen (secondary N) is 1. The molecule has 2 atom stereocenters. The van der Waals surface area contributed by atoms with Crippen molar-refractivity contribution in [1.29, 1.82) is 0 Å². The topological polar surface area (TPSA) is 32.3 Å². The molecule has 0 radical (unpaired) electrons. The first-order valence-corrected chi connectivity index (χ1v) is 7.40. The molecule has 0 bridgehead atoms. The number of carbonyl (C=O) groups is 1. The van der Waals surface area contributed by atoms with Gasteiger partial charge in [0, 0.05) is 24.7 Å². The summed E-state index contributed by atoms with van der Waals surface area (Å²) in [6.07, 6.45) is 3.23. The Morgan fingerprint density at radius 3 is 3.05 bits per heavy atom. The van der Waals surface area contributed by atoms with E-state index >= 15 is 0 Å². The lowest BCUT2D eigenvalue weighted by Gasteiger charge is -2.35. The third-order valence-corrected chi connectivity index (χ3v) is 4.57. The molecule has 0 spiro atoms. The highest BCUT2D eigenvalue weighted by molar-refractivity contribution is 5.95. The number of benzene rings is 1. The molecule has 0 aliphatic carbocycles. The van der Waals surface area contributed by atoms with E-state index in [0.717, 1.165) is 38.0 Å². The molecule has 2 aliphatic heterocycles. The van der Waals surface area contributed by atoms with Gasteiger partial charge in [-0.1, -0.05) is 25.1 Å². The maximum absolute atomic E-state index is 12.7. The smallest absolute Gasteiger partial charge is 0.254 e. The molecule has 3 rings (SSSR count). The molecule has 0 saturated carbocycles. The van der Waals surface area contributed by atoms with Gasteiger partial charge in [-0.2, -0.15) is 0 Å². The number of rotatable bonds is 2. The van der Waals surface area contributed by atoms with Crippen molar-refractivity contribution in [3.05, 3.63) is 35.4 Å². The van der Waals surface area contributed by atoms with Crippen molar-refractivity contribution >= 4 is 5.91 Å². The Hall–Kier alpha value is -1.35. The van der Waals surface area contributed by atoms with Crippen LogP contribution in [0.2, 0.25) is 0 Å². The van der Waals surface area contributed by atoms with Gasteiger partial charge in [0.05, 0.1) is 0 Å². The molecule has 1 aromatic carbocycles. The first-order valence-electron chi connectivity index (χ1n) is 7.40. The number of amides is 1. The van der Waals surface area contributed by atoms with Crippen LogP contribution in [-0.4, -0.2) is 36.5 Å². The summed E-state index contributed by atoms with van der Waals surface area (Å²) in [7, 11) is 0. The van der Waals surface area contributed by atoms with E-state index in [1.165, 1.54) is 12.0 Å². The van der Waals surface area contributed by atoms with Gasteiger partial charge in [0.15, 0.2) is 0 Å². The Kier molecular flexibility index (Phi) is 3.56. The summed E-state index contributed by atoms with van der Waals surface area (Å²) >= 11 is 0. The first-order chi connectivity index (χ1) is 9.29. The highest BCUT2D eigenvalue weighted by Crippen LogP contribution is 2.26. The van der Waals surface area contributed by atoms with Gasteiger partial charge in [-0.15, -0.1) is 0 Å². The van der Waals surface area contributed by atoms with Crippen LogP contribution in [0.5, 0.6) is 0 Å². The fourth-order valence-electron chi connectivity index (χ4n) is 3.44. The summed E-state index contributed by atoms with van der Waals surface area (Å²) in [5.74, 6) is 0.884. The van der Waals surface area contributed by atoms with Crippen molar-refractivity contribution in [1.82, 2.24) is 10.2 Å². The molecule has 2 heterocycles. The van der Waals surface area contributed by atoms with Crippen LogP contribution in [0.3, 0.4) is 0 Å². The fraction of sp³-hybridized carbons (Fsp3) is 0.562. The van der Waals surface area contributed by atoms with Crippen molar-refractivity contribution in [3.8, 4) is 0 Å². The molecule has 19 heavy (non-hydrogen) atoms. The van der Waals surface area contributed by atoms with Crippen LogP contribution in [0, 0.1) is 5.92 Å². The predicted molar refractivity (Wildman–Crippen MR) is 76.2 cm³/mol. The minimum Gasteiger partial charge on any atom is -0.338 e. The second-order valence-corrected chi connectivity index (χ2v) is 5.66. The van der Waals surface area contributed by atoms with Crippen LogP contribution in [0.25, 0.3) is 0 Å². The average molecular weight is 258 g/mol. The largest absolute Gasteiger partial charge is 0.338 e. The minimum atomic E-state index is 0.225. The van der Waals surface area contributed by atoms with Gasteiger partial charge in [-0.05, 0) is 43.4 Å². The molecule has 2 fully saturated rings. The van der Waals surface area contributed by atoms with Crippen LogP contribution in [0.4, 0.5) is 0 Å². The van der Waals surface area contributed by atoms with E-state index in [1.54, 1.807) is 0 Å². The predicted octanol–water partition coefficient (Wildman–Crippen LogP) is 2.07.